The van der Waals surface area contributed by atoms with E-state index in [0.29, 0.717) is 5.75 Å². The van der Waals surface area contributed by atoms with Crippen LogP contribution in [0, 0.1) is 12.3 Å². The highest BCUT2D eigenvalue weighted by Gasteiger charge is 2.44. The summed E-state index contributed by atoms with van der Waals surface area (Å²) in [5.74, 6) is 3.63. The second-order valence-electron chi connectivity index (χ2n) is 3.61. The topological polar surface area (TPSA) is 29.5 Å². The first-order valence-electron chi connectivity index (χ1n) is 4.57. The molecule has 0 radical (unpaired) electrons. The third-order valence-corrected chi connectivity index (χ3v) is 2.75. The zero-order valence-corrected chi connectivity index (χ0v) is 8.08. The van der Waals surface area contributed by atoms with Gasteiger partial charge in [-0.25, -0.2) is 0 Å². The minimum atomic E-state index is -0.212. The number of rotatable bonds is 2. The number of hydrogen-bond acceptors (Lipinski definition) is 2. The molecule has 0 aliphatic heterocycles. The third kappa shape index (κ3) is 1.22. The van der Waals surface area contributed by atoms with Crippen LogP contribution in [0.4, 0.5) is 0 Å². The van der Waals surface area contributed by atoms with Crippen LogP contribution in [0.5, 0.6) is 11.5 Å². The molecule has 1 N–H and O–H groups in total. The lowest BCUT2D eigenvalue weighted by atomic mass is 9.96. The van der Waals surface area contributed by atoms with Gasteiger partial charge in [0.15, 0.2) is 0 Å². The van der Waals surface area contributed by atoms with Gasteiger partial charge >= 0.3 is 0 Å². The monoisotopic (exact) mass is 188 g/mol. The lowest BCUT2D eigenvalue weighted by Gasteiger charge is -2.11. The summed E-state index contributed by atoms with van der Waals surface area (Å²) in [4.78, 5) is 0. The van der Waals surface area contributed by atoms with Gasteiger partial charge < -0.3 is 9.84 Å². The lowest BCUT2D eigenvalue weighted by Crippen LogP contribution is -2.02. The van der Waals surface area contributed by atoms with E-state index in [9.17, 15) is 5.11 Å². The van der Waals surface area contributed by atoms with E-state index >= 15 is 0 Å². The highest BCUT2D eigenvalue weighted by Crippen LogP contribution is 2.50. The predicted octanol–water partition coefficient (Wildman–Crippen LogP) is 2.07. The van der Waals surface area contributed by atoms with Crippen LogP contribution < -0.4 is 4.74 Å². The Morgan fingerprint density at radius 1 is 1.50 bits per heavy atom. The maximum Gasteiger partial charge on any atom is 0.124 e. The van der Waals surface area contributed by atoms with Crippen LogP contribution in [0.2, 0.25) is 0 Å². The summed E-state index contributed by atoms with van der Waals surface area (Å²) in [5.41, 5.74) is 0.636. The van der Waals surface area contributed by atoms with Crippen molar-refractivity contribution < 1.29 is 9.84 Å². The number of phenolic OH excluding ortho intramolecular Hbond substituents is 1. The van der Waals surface area contributed by atoms with Gasteiger partial charge in [-0.3, -0.25) is 0 Å². The highest BCUT2D eigenvalue weighted by atomic mass is 16.5. The Bertz CT molecular complexity index is 397. The highest BCUT2D eigenvalue weighted by molar-refractivity contribution is 5.51. The van der Waals surface area contributed by atoms with E-state index in [2.05, 4.69) is 5.92 Å². The van der Waals surface area contributed by atoms with Crippen LogP contribution in [0.15, 0.2) is 18.2 Å². The number of hydrogen-bond donors (Lipinski definition) is 1. The molecule has 2 nitrogen and oxygen atoms in total. The number of ether oxygens (including phenoxy) is 1. The molecule has 1 aromatic carbocycles. The normalized spacial score (nSPS) is 17.1. The molecule has 0 amide bonds. The van der Waals surface area contributed by atoms with Crippen LogP contribution in [0.1, 0.15) is 18.4 Å². The van der Waals surface area contributed by atoms with Crippen molar-refractivity contribution in [1.29, 1.82) is 0 Å². The first-order valence-corrected chi connectivity index (χ1v) is 4.57. The number of phenols is 1. The smallest absolute Gasteiger partial charge is 0.124 e. The Balaban J connectivity index is 2.42. The fraction of sp³-hybridized carbons (Fsp3) is 0.333. The molecule has 0 aromatic heterocycles. The minimum Gasteiger partial charge on any atom is -0.507 e. The molecule has 72 valence electrons. The van der Waals surface area contributed by atoms with Crippen molar-refractivity contribution in [2.24, 2.45) is 0 Å². The van der Waals surface area contributed by atoms with Crippen LogP contribution >= 0.6 is 0 Å². The van der Waals surface area contributed by atoms with Gasteiger partial charge in [0, 0.05) is 11.6 Å². The molecule has 0 atom stereocenters. The quantitative estimate of drug-likeness (QED) is 0.720. The molecule has 0 saturated heterocycles. The molecular weight excluding hydrogens is 176 g/mol. The van der Waals surface area contributed by atoms with Crippen molar-refractivity contribution in [1.82, 2.24) is 0 Å². The molecule has 0 unspecified atom stereocenters. The van der Waals surface area contributed by atoms with E-state index in [1.165, 1.54) is 0 Å². The molecule has 2 rings (SSSR count). The molecule has 1 fully saturated rings. The van der Waals surface area contributed by atoms with Gasteiger partial charge in [-0.15, -0.1) is 6.42 Å². The Morgan fingerprint density at radius 2 is 2.21 bits per heavy atom. The van der Waals surface area contributed by atoms with Crippen LogP contribution in [0.25, 0.3) is 0 Å². The van der Waals surface area contributed by atoms with E-state index in [4.69, 9.17) is 11.2 Å². The first kappa shape index (κ1) is 8.96. The molecule has 1 aliphatic carbocycles. The van der Waals surface area contributed by atoms with Crippen molar-refractivity contribution in [2.45, 2.75) is 18.3 Å². The van der Waals surface area contributed by atoms with Gasteiger partial charge in [0.2, 0.25) is 0 Å². The van der Waals surface area contributed by atoms with Gasteiger partial charge in [-0.2, -0.15) is 0 Å². The van der Waals surface area contributed by atoms with Gasteiger partial charge in [-0.1, -0.05) is 12.0 Å². The van der Waals surface area contributed by atoms with Crippen molar-refractivity contribution in [3.8, 4) is 23.8 Å². The second kappa shape index (κ2) is 2.95. The predicted molar refractivity (Wildman–Crippen MR) is 54.4 cm³/mol. The molecular formula is C12H12O2. The van der Waals surface area contributed by atoms with Crippen molar-refractivity contribution >= 4 is 0 Å². The molecule has 1 aliphatic rings. The van der Waals surface area contributed by atoms with E-state index in [-0.39, 0.29) is 11.2 Å². The fourth-order valence-electron chi connectivity index (χ4n) is 1.66. The maximum atomic E-state index is 9.75. The molecule has 1 saturated carbocycles. The third-order valence-electron chi connectivity index (χ3n) is 2.75. The summed E-state index contributed by atoms with van der Waals surface area (Å²) in [6.45, 7) is 0. The lowest BCUT2D eigenvalue weighted by molar-refractivity contribution is 0.406. The Hall–Kier alpha value is -1.62. The SMILES string of the molecule is C#CC1(c2ccc(OC)cc2O)CC1. The van der Waals surface area contributed by atoms with Crippen LogP contribution in [0.3, 0.4) is 0 Å². The summed E-state index contributed by atoms with van der Waals surface area (Å²) in [5, 5.41) is 9.75. The Kier molecular flexibility index (Phi) is 1.89. The molecule has 0 heterocycles. The Labute approximate surface area is 83.5 Å². The zero-order valence-electron chi connectivity index (χ0n) is 8.08. The van der Waals surface area contributed by atoms with Crippen molar-refractivity contribution in [3.63, 3.8) is 0 Å². The molecule has 0 spiro atoms. The average molecular weight is 188 g/mol. The van der Waals surface area contributed by atoms with E-state index < -0.39 is 0 Å². The summed E-state index contributed by atoms with van der Waals surface area (Å²) in [6, 6.07) is 5.28. The van der Waals surface area contributed by atoms with Gasteiger partial charge in [-0.05, 0) is 18.9 Å². The summed E-state index contributed by atoms with van der Waals surface area (Å²) < 4.78 is 5.01. The maximum absolute atomic E-state index is 9.75. The zero-order chi connectivity index (χ0) is 10.2. The minimum absolute atomic E-state index is 0.212. The second-order valence-corrected chi connectivity index (χ2v) is 3.61. The van der Waals surface area contributed by atoms with Crippen molar-refractivity contribution in [2.75, 3.05) is 7.11 Å². The molecule has 0 bridgehead atoms. The van der Waals surface area contributed by atoms with E-state index in [1.54, 1.807) is 13.2 Å². The number of methoxy groups -OCH3 is 1. The van der Waals surface area contributed by atoms with Gasteiger partial charge in [0.05, 0.1) is 12.5 Å². The van der Waals surface area contributed by atoms with Gasteiger partial charge in [0.25, 0.3) is 0 Å². The summed E-state index contributed by atoms with van der Waals surface area (Å²) in [7, 11) is 1.57. The number of terminal acetylenes is 1. The van der Waals surface area contributed by atoms with E-state index in [0.717, 1.165) is 18.4 Å². The summed E-state index contributed by atoms with van der Waals surface area (Å²) in [6.07, 6.45) is 7.37. The first-order chi connectivity index (χ1) is 6.72. The largest absolute Gasteiger partial charge is 0.507 e. The van der Waals surface area contributed by atoms with Crippen molar-refractivity contribution in [3.05, 3.63) is 23.8 Å². The fourth-order valence-corrected chi connectivity index (χ4v) is 1.66. The molecule has 2 heteroatoms. The van der Waals surface area contributed by atoms with Crippen LogP contribution in [-0.4, -0.2) is 12.2 Å². The van der Waals surface area contributed by atoms with E-state index in [1.807, 2.05) is 12.1 Å². The van der Waals surface area contributed by atoms with Gasteiger partial charge in [0.1, 0.15) is 11.5 Å². The molecule has 14 heavy (non-hydrogen) atoms. The molecule has 1 aromatic rings. The standard InChI is InChI=1S/C12H12O2/c1-3-12(6-7-12)10-5-4-9(14-2)8-11(10)13/h1,4-5,8,13H,6-7H2,2H3. The number of aromatic hydroxyl groups is 1. The average Bonchev–Trinajstić information content (AvgIpc) is 2.98. The Morgan fingerprint density at radius 3 is 2.64 bits per heavy atom. The summed E-state index contributed by atoms with van der Waals surface area (Å²) >= 11 is 0. The van der Waals surface area contributed by atoms with Crippen LogP contribution in [-0.2, 0) is 5.41 Å². The number of benzene rings is 1.